The molecule has 0 radical (unpaired) electrons. The number of benzene rings is 1. The minimum absolute atomic E-state index is 0.258. The summed E-state index contributed by atoms with van der Waals surface area (Å²) in [5, 5.41) is 3.26. The summed E-state index contributed by atoms with van der Waals surface area (Å²) in [5.41, 5.74) is 12.0. The van der Waals surface area contributed by atoms with Gasteiger partial charge < -0.3 is 21.5 Å². The lowest BCUT2D eigenvalue weighted by Gasteiger charge is -2.28. The molecule has 0 spiro atoms. The quantitative estimate of drug-likeness (QED) is 0.434. The highest BCUT2D eigenvalue weighted by atomic mass is 32.1. The van der Waals surface area contributed by atoms with Crippen molar-refractivity contribution in [2.45, 2.75) is 39.2 Å². The third kappa shape index (κ3) is 6.83. The highest BCUT2D eigenvalue weighted by Crippen LogP contribution is 2.18. The van der Waals surface area contributed by atoms with Gasteiger partial charge in [0.05, 0.1) is 11.4 Å². The molecule has 5 N–H and O–H groups in total. The molecule has 1 rings (SSSR count). The Labute approximate surface area is 143 Å². The molecule has 0 saturated heterocycles. The van der Waals surface area contributed by atoms with Crippen molar-refractivity contribution in [2.24, 2.45) is 5.73 Å². The van der Waals surface area contributed by atoms with Crippen molar-refractivity contribution in [3.05, 3.63) is 24.3 Å². The Morgan fingerprint density at radius 1 is 1.30 bits per heavy atom. The summed E-state index contributed by atoms with van der Waals surface area (Å²) in [6.45, 7) is 6.44. The number of nitrogens with zero attached hydrogens (tertiary/aromatic N) is 1. The molecule has 128 valence electrons. The maximum Gasteiger partial charge on any atom is 0.416 e. The summed E-state index contributed by atoms with van der Waals surface area (Å²) in [6, 6.07) is 7.23. The van der Waals surface area contributed by atoms with Crippen molar-refractivity contribution in [1.29, 1.82) is 0 Å². The van der Waals surface area contributed by atoms with Gasteiger partial charge in [0.1, 0.15) is 5.60 Å². The van der Waals surface area contributed by atoms with Gasteiger partial charge in [-0.3, -0.25) is 4.90 Å². The second-order valence-electron chi connectivity index (χ2n) is 6.15. The van der Waals surface area contributed by atoms with Crippen LogP contribution in [0.25, 0.3) is 0 Å². The Hall–Kier alpha value is -1.86. The van der Waals surface area contributed by atoms with Crippen molar-refractivity contribution in [1.82, 2.24) is 4.90 Å². The number of para-hydroxylation sites is 2. The van der Waals surface area contributed by atoms with Crippen molar-refractivity contribution >= 4 is 34.8 Å². The number of rotatable bonds is 5. The minimum atomic E-state index is -0.593. The van der Waals surface area contributed by atoms with E-state index in [0.29, 0.717) is 24.5 Å². The van der Waals surface area contributed by atoms with Gasteiger partial charge in [-0.25, -0.2) is 4.79 Å². The van der Waals surface area contributed by atoms with E-state index in [1.54, 1.807) is 12.1 Å². The summed E-state index contributed by atoms with van der Waals surface area (Å²) < 4.78 is 5.42. The molecule has 0 aliphatic carbocycles. The minimum Gasteiger partial charge on any atom is -0.443 e. The molecule has 1 aromatic carbocycles. The molecule has 1 aromatic rings. The number of thiocarbonyl (C=S) groups is 1. The molecule has 0 aliphatic rings. The Bertz CT molecular complexity index is 543. The summed E-state index contributed by atoms with van der Waals surface area (Å²) in [7, 11) is 0. The monoisotopic (exact) mass is 338 g/mol. The first kappa shape index (κ1) is 19.2. The number of amides is 1. The number of ether oxygens (including phenoxy) is 1. The van der Waals surface area contributed by atoms with Crippen LogP contribution in [0.2, 0.25) is 0 Å². The van der Waals surface area contributed by atoms with Crippen LogP contribution in [0.4, 0.5) is 16.2 Å². The lowest BCUT2D eigenvalue weighted by atomic mass is 10.2. The fraction of sp³-hybridized carbons (Fsp3) is 0.500. The predicted octanol–water partition coefficient (Wildman–Crippen LogP) is 2.94. The predicted molar refractivity (Wildman–Crippen MR) is 98.3 cm³/mol. The number of anilines is 2. The molecule has 1 amide bonds. The Morgan fingerprint density at radius 3 is 2.52 bits per heavy atom. The van der Waals surface area contributed by atoms with Crippen molar-refractivity contribution in [2.75, 3.05) is 24.1 Å². The maximum absolute atomic E-state index is 12.4. The van der Waals surface area contributed by atoms with Gasteiger partial charge in [0.2, 0.25) is 0 Å². The van der Waals surface area contributed by atoms with Crippen molar-refractivity contribution in [3.8, 4) is 0 Å². The second kappa shape index (κ2) is 8.69. The van der Waals surface area contributed by atoms with E-state index in [-0.39, 0.29) is 5.11 Å². The summed E-state index contributed by atoms with van der Waals surface area (Å²) in [4.78, 5) is 13.8. The third-order valence-corrected chi connectivity index (χ3v) is 3.22. The molecule has 0 atom stereocenters. The molecule has 0 saturated carbocycles. The van der Waals surface area contributed by atoms with Gasteiger partial charge >= 0.3 is 6.09 Å². The van der Waals surface area contributed by atoms with Crippen molar-refractivity contribution in [3.63, 3.8) is 0 Å². The summed E-state index contributed by atoms with van der Waals surface area (Å²) in [5.74, 6) is 0. The fourth-order valence-corrected chi connectivity index (χ4v) is 2.08. The van der Waals surface area contributed by atoms with Crippen molar-refractivity contribution < 1.29 is 9.53 Å². The molecular weight excluding hydrogens is 312 g/mol. The Balaban J connectivity index is 2.83. The van der Waals surface area contributed by atoms with Gasteiger partial charge in [-0.15, -0.1) is 0 Å². The van der Waals surface area contributed by atoms with E-state index in [4.69, 9.17) is 28.4 Å². The van der Waals surface area contributed by atoms with E-state index in [2.05, 4.69) is 5.32 Å². The van der Waals surface area contributed by atoms with Crippen LogP contribution in [0.3, 0.4) is 0 Å². The summed E-state index contributed by atoms with van der Waals surface area (Å²) >= 11 is 5.36. The van der Waals surface area contributed by atoms with Crippen LogP contribution in [-0.4, -0.2) is 34.8 Å². The van der Waals surface area contributed by atoms with E-state index in [0.717, 1.165) is 12.8 Å². The molecule has 6 nitrogen and oxygen atoms in total. The van der Waals surface area contributed by atoms with Gasteiger partial charge in [-0.2, -0.15) is 0 Å². The zero-order chi connectivity index (χ0) is 17.5. The van der Waals surface area contributed by atoms with Crippen LogP contribution in [0, 0.1) is 0 Å². The Kier molecular flexibility index (Phi) is 7.25. The third-order valence-electron chi connectivity index (χ3n) is 2.90. The van der Waals surface area contributed by atoms with E-state index in [1.807, 2.05) is 32.9 Å². The summed E-state index contributed by atoms with van der Waals surface area (Å²) in [6.07, 6.45) is 1.05. The molecule has 0 aromatic heterocycles. The molecule has 0 heterocycles. The van der Waals surface area contributed by atoms with E-state index in [1.165, 1.54) is 4.90 Å². The second-order valence-corrected chi connectivity index (χ2v) is 6.53. The zero-order valence-corrected chi connectivity index (χ0v) is 14.8. The van der Waals surface area contributed by atoms with Crippen LogP contribution in [0.15, 0.2) is 24.3 Å². The molecular formula is C16H26N4O2S. The fourth-order valence-electron chi connectivity index (χ4n) is 1.80. The number of unbranched alkanes of at least 4 members (excludes halogenated alkanes) is 1. The molecule has 0 unspecified atom stereocenters. The van der Waals surface area contributed by atoms with Gasteiger partial charge in [-0.1, -0.05) is 12.1 Å². The first-order chi connectivity index (χ1) is 10.7. The average Bonchev–Trinajstić information content (AvgIpc) is 2.44. The largest absolute Gasteiger partial charge is 0.443 e. The standard InChI is InChI=1S/C16H26N4O2S/c1-16(2,3)22-15(21)20(11-7-6-10-17)14(23)19-13-9-5-4-8-12(13)18/h4-5,8-9H,6-7,10-11,17-18H2,1-3H3,(H,19,23). The first-order valence-corrected chi connectivity index (χ1v) is 8.01. The lowest BCUT2D eigenvalue weighted by molar-refractivity contribution is 0.0371. The normalized spacial score (nSPS) is 11.0. The highest BCUT2D eigenvalue weighted by Gasteiger charge is 2.25. The number of carbonyl (C=O) groups is 1. The van der Waals surface area contributed by atoms with Gasteiger partial charge in [0.25, 0.3) is 0 Å². The number of hydrogen-bond acceptors (Lipinski definition) is 5. The van der Waals surface area contributed by atoms with Crippen LogP contribution in [0.5, 0.6) is 0 Å². The maximum atomic E-state index is 12.4. The van der Waals surface area contributed by atoms with Crippen LogP contribution >= 0.6 is 12.2 Å². The van der Waals surface area contributed by atoms with Crippen LogP contribution < -0.4 is 16.8 Å². The molecule has 0 aliphatic heterocycles. The lowest BCUT2D eigenvalue weighted by Crippen LogP contribution is -2.43. The van der Waals surface area contributed by atoms with Gasteiger partial charge in [-0.05, 0) is 64.5 Å². The van der Waals surface area contributed by atoms with Gasteiger partial charge in [0.15, 0.2) is 5.11 Å². The molecule has 0 bridgehead atoms. The number of nitrogen functional groups attached to an aromatic ring is 1. The smallest absolute Gasteiger partial charge is 0.416 e. The van der Waals surface area contributed by atoms with E-state index >= 15 is 0 Å². The molecule has 0 fully saturated rings. The molecule has 23 heavy (non-hydrogen) atoms. The van der Waals surface area contributed by atoms with Gasteiger partial charge in [0, 0.05) is 6.54 Å². The van der Waals surface area contributed by atoms with E-state index in [9.17, 15) is 4.79 Å². The first-order valence-electron chi connectivity index (χ1n) is 7.60. The zero-order valence-electron chi connectivity index (χ0n) is 14.0. The van der Waals surface area contributed by atoms with E-state index < -0.39 is 11.7 Å². The van der Waals surface area contributed by atoms with Crippen LogP contribution in [0.1, 0.15) is 33.6 Å². The highest BCUT2D eigenvalue weighted by molar-refractivity contribution is 7.80. The number of nitrogens with two attached hydrogens (primary N) is 2. The topological polar surface area (TPSA) is 93.6 Å². The van der Waals surface area contributed by atoms with Crippen LogP contribution in [-0.2, 0) is 4.74 Å². The average molecular weight is 338 g/mol. The number of carbonyl (C=O) groups excluding carboxylic acids is 1. The number of nitrogens with one attached hydrogen (secondary N) is 1. The Morgan fingerprint density at radius 2 is 1.96 bits per heavy atom. The number of hydrogen-bond donors (Lipinski definition) is 3. The molecule has 7 heteroatoms. The SMILES string of the molecule is CC(C)(C)OC(=O)N(CCCCN)C(=S)Nc1ccccc1N.